The van der Waals surface area contributed by atoms with Gasteiger partial charge in [-0.25, -0.2) is 0 Å². The van der Waals surface area contributed by atoms with Crippen LogP contribution in [0, 0.1) is 10.1 Å². The summed E-state index contributed by atoms with van der Waals surface area (Å²) in [7, 11) is 0. The molecule has 4 heteroatoms. The number of benzene rings is 2. The zero-order valence-corrected chi connectivity index (χ0v) is 9.72. The Morgan fingerprint density at radius 1 is 1.06 bits per heavy atom. The Morgan fingerprint density at radius 2 is 1.76 bits per heavy atom. The number of hydrogen-bond acceptors (Lipinski definition) is 2. The lowest BCUT2D eigenvalue weighted by molar-refractivity contribution is -0.385. The summed E-state index contributed by atoms with van der Waals surface area (Å²) in [5.74, 6) is 0.136. The third kappa shape index (κ3) is 2.45. The van der Waals surface area contributed by atoms with Crippen LogP contribution >= 0.6 is 11.6 Å². The molecule has 0 spiro atoms. The molecule has 0 fully saturated rings. The maximum absolute atomic E-state index is 10.8. The molecule has 0 heterocycles. The van der Waals surface area contributed by atoms with Crippen LogP contribution in [0.3, 0.4) is 0 Å². The third-order valence-corrected chi connectivity index (χ3v) is 2.82. The zero-order chi connectivity index (χ0) is 12.3. The van der Waals surface area contributed by atoms with Crippen LogP contribution < -0.4 is 0 Å². The van der Waals surface area contributed by atoms with Gasteiger partial charge in [-0.15, -0.1) is 11.6 Å². The number of rotatable bonds is 3. The number of nitro benzene ring substituents is 1. The first-order valence-electron chi connectivity index (χ1n) is 5.11. The Kier molecular flexibility index (Phi) is 3.40. The maximum atomic E-state index is 10.8. The van der Waals surface area contributed by atoms with Gasteiger partial charge in [-0.1, -0.05) is 30.3 Å². The molecular formula is C13H10ClNO2. The summed E-state index contributed by atoms with van der Waals surface area (Å²) in [6, 6.07) is 14.7. The quantitative estimate of drug-likeness (QED) is 0.467. The molecule has 0 saturated heterocycles. The molecule has 0 N–H and O–H groups in total. The van der Waals surface area contributed by atoms with Gasteiger partial charge in [0, 0.05) is 11.6 Å². The first kappa shape index (κ1) is 11.6. The monoisotopic (exact) mass is 247 g/mol. The van der Waals surface area contributed by atoms with Gasteiger partial charge >= 0.3 is 0 Å². The smallest absolute Gasteiger partial charge is 0.258 e. The van der Waals surface area contributed by atoms with Crippen LogP contribution in [0.4, 0.5) is 5.69 Å². The Labute approximate surface area is 104 Å². The van der Waals surface area contributed by atoms with Crippen LogP contribution in [-0.2, 0) is 5.88 Å². The van der Waals surface area contributed by atoms with Crippen LogP contribution in [0.5, 0.6) is 0 Å². The summed E-state index contributed by atoms with van der Waals surface area (Å²) in [5.41, 5.74) is 2.57. The summed E-state index contributed by atoms with van der Waals surface area (Å²) in [6.07, 6.45) is 0. The Hall–Kier alpha value is -1.87. The summed E-state index contributed by atoms with van der Waals surface area (Å²) >= 11 is 5.73. The third-order valence-electron chi connectivity index (χ3n) is 2.53. The predicted molar refractivity (Wildman–Crippen MR) is 68.1 cm³/mol. The van der Waals surface area contributed by atoms with E-state index in [1.165, 1.54) is 6.07 Å². The second-order valence-electron chi connectivity index (χ2n) is 3.60. The van der Waals surface area contributed by atoms with E-state index in [0.717, 1.165) is 11.1 Å². The van der Waals surface area contributed by atoms with Crippen molar-refractivity contribution in [3.8, 4) is 11.1 Å². The van der Waals surface area contributed by atoms with E-state index < -0.39 is 4.92 Å². The molecule has 0 aromatic heterocycles. The average molecular weight is 248 g/mol. The van der Waals surface area contributed by atoms with Crippen molar-refractivity contribution in [1.29, 1.82) is 0 Å². The van der Waals surface area contributed by atoms with Gasteiger partial charge in [0.1, 0.15) is 0 Å². The van der Waals surface area contributed by atoms with Crippen LogP contribution in [0.25, 0.3) is 11.1 Å². The SMILES string of the molecule is O=[N+]([O-])c1ccc(-c2ccccc2)cc1CCl. The highest BCUT2D eigenvalue weighted by Gasteiger charge is 2.13. The molecule has 0 aliphatic heterocycles. The van der Waals surface area contributed by atoms with Gasteiger partial charge in [-0.2, -0.15) is 0 Å². The Balaban J connectivity index is 2.49. The lowest BCUT2D eigenvalue weighted by Crippen LogP contribution is -1.93. The van der Waals surface area contributed by atoms with Crippen LogP contribution in [-0.4, -0.2) is 4.92 Å². The topological polar surface area (TPSA) is 43.1 Å². The molecule has 0 atom stereocenters. The molecule has 2 aromatic rings. The Bertz CT molecular complexity index is 540. The number of nitro groups is 1. The lowest BCUT2D eigenvalue weighted by Gasteiger charge is -2.04. The van der Waals surface area contributed by atoms with Gasteiger partial charge in [0.15, 0.2) is 0 Å². The summed E-state index contributed by atoms with van der Waals surface area (Å²) in [5, 5.41) is 10.8. The van der Waals surface area contributed by atoms with Crippen molar-refractivity contribution in [1.82, 2.24) is 0 Å². The lowest BCUT2D eigenvalue weighted by atomic mass is 10.0. The minimum Gasteiger partial charge on any atom is -0.258 e. The average Bonchev–Trinajstić information content (AvgIpc) is 2.39. The van der Waals surface area contributed by atoms with E-state index >= 15 is 0 Å². The van der Waals surface area contributed by atoms with Gasteiger partial charge in [0.2, 0.25) is 0 Å². The predicted octanol–water partition coefficient (Wildman–Crippen LogP) is 4.00. The molecule has 3 nitrogen and oxygen atoms in total. The number of alkyl halides is 1. The largest absolute Gasteiger partial charge is 0.273 e. The molecule has 0 bridgehead atoms. The first-order valence-corrected chi connectivity index (χ1v) is 5.64. The summed E-state index contributed by atoms with van der Waals surface area (Å²) in [4.78, 5) is 10.4. The second kappa shape index (κ2) is 4.97. The minimum absolute atomic E-state index is 0.0691. The fraction of sp³-hybridized carbons (Fsp3) is 0.0769. The van der Waals surface area contributed by atoms with Gasteiger partial charge in [-0.3, -0.25) is 10.1 Å². The molecule has 0 saturated carbocycles. The highest BCUT2D eigenvalue weighted by molar-refractivity contribution is 6.17. The molecule has 0 amide bonds. The summed E-state index contributed by atoms with van der Waals surface area (Å²) in [6.45, 7) is 0. The van der Waals surface area contributed by atoms with Crippen LogP contribution in [0.2, 0.25) is 0 Å². The fourth-order valence-corrected chi connectivity index (χ4v) is 1.89. The summed E-state index contributed by atoms with van der Waals surface area (Å²) < 4.78 is 0. The molecule has 0 aliphatic carbocycles. The molecular weight excluding hydrogens is 238 g/mol. The van der Waals surface area contributed by atoms with E-state index in [9.17, 15) is 10.1 Å². The van der Waals surface area contributed by atoms with Gasteiger partial charge in [-0.05, 0) is 23.3 Å². The van der Waals surface area contributed by atoms with Crippen molar-refractivity contribution in [2.45, 2.75) is 5.88 Å². The van der Waals surface area contributed by atoms with E-state index in [2.05, 4.69) is 0 Å². The van der Waals surface area contributed by atoms with E-state index in [-0.39, 0.29) is 11.6 Å². The van der Waals surface area contributed by atoms with Crippen molar-refractivity contribution < 1.29 is 4.92 Å². The van der Waals surface area contributed by atoms with E-state index in [0.29, 0.717) is 5.56 Å². The van der Waals surface area contributed by atoms with Crippen molar-refractivity contribution in [3.05, 3.63) is 64.2 Å². The van der Waals surface area contributed by atoms with Crippen molar-refractivity contribution in [2.24, 2.45) is 0 Å². The van der Waals surface area contributed by atoms with E-state index in [1.807, 2.05) is 30.3 Å². The van der Waals surface area contributed by atoms with Crippen LogP contribution in [0.1, 0.15) is 5.56 Å². The standard InChI is InChI=1S/C13H10ClNO2/c14-9-12-8-11(6-7-13(12)15(16)17)10-4-2-1-3-5-10/h1-8H,9H2. The molecule has 0 aliphatic rings. The second-order valence-corrected chi connectivity index (χ2v) is 3.87. The number of halogens is 1. The van der Waals surface area contributed by atoms with Gasteiger partial charge in [0.25, 0.3) is 5.69 Å². The first-order chi connectivity index (χ1) is 8.22. The molecule has 0 unspecified atom stereocenters. The highest BCUT2D eigenvalue weighted by atomic mass is 35.5. The number of nitrogens with zero attached hydrogens (tertiary/aromatic N) is 1. The Morgan fingerprint density at radius 3 is 2.35 bits per heavy atom. The van der Waals surface area contributed by atoms with Gasteiger partial charge < -0.3 is 0 Å². The van der Waals surface area contributed by atoms with Crippen LogP contribution in [0.15, 0.2) is 48.5 Å². The van der Waals surface area contributed by atoms with Crippen molar-refractivity contribution >= 4 is 17.3 Å². The minimum atomic E-state index is -0.410. The zero-order valence-electron chi connectivity index (χ0n) is 8.97. The molecule has 0 radical (unpaired) electrons. The maximum Gasteiger partial charge on any atom is 0.273 e. The highest BCUT2D eigenvalue weighted by Crippen LogP contribution is 2.27. The number of hydrogen-bond donors (Lipinski definition) is 0. The van der Waals surface area contributed by atoms with Crippen molar-refractivity contribution in [2.75, 3.05) is 0 Å². The van der Waals surface area contributed by atoms with E-state index in [4.69, 9.17) is 11.6 Å². The van der Waals surface area contributed by atoms with Gasteiger partial charge in [0.05, 0.1) is 10.8 Å². The normalized spacial score (nSPS) is 10.2. The fourth-order valence-electron chi connectivity index (χ4n) is 1.68. The molecule has 17 heavy (non-hydrogen) atoms. The molecule has 86 valence electrons. The van der Waals surface area contributed by atoms with Crippen molar-refractivity contribution in [3.63, 3.8) is 0 Å². The molecule has 2 aromatic carbocycles. The molecule has 2 rings (SSSR count). The van der Waals surface area contributed by atoms with E-state index in [1.54, 1.807) is 12.1 Å².